The molecule has 3 aromatic rings. The highest BCUT2D eigenvalue weighted by atomic mass is 32.1. The maximum absolute atomic E-state index is 5.49. The second-order valence-electron chi connectivity index (χ2n) is 8.48. The molecule has 2 aliphatic heterocycles. The zero-order chi connectivity index (χ0) is 21.2. The minimum Gasteiger partial charge on any atom is -0.379 e. The van der Waals surface area contributed by atoms with Gasteiger partial charge in [0.1, 0.15) is 16.5 Å². The number of benzene rings is 1. The van der Waals surface area contributed by atoms with Crippen molar-refractivity contribution in [2.45, 2.75) is 32.5 Å². The van der Waals surface area contributed by atoms with Crippen molar-refractivity contribution in [3.63, 3.8) is 0 Å². The summed E-state index contributed by atoms with van der Waals surface area (Å²) in [5.74, 6) is 2.30. The molecule has 4 heterocycles. The van der Waals surface area contributed by atoms with Gasteiger partial charge in [-0.3, -0.25) is 15.8 Å². The first-order valence-corrected chi connectivity index (χ1v) is 12.0. The second kappa shape index (κ2) is 9.18. The predicted molar refractivity (Wildman–Crippen MR) is 126 cm³/mol. The summed E-state index contributed by atoms with van der Waals surface area (Å²) in [6, 6.07) is 11.3. The highest BCUT2D eigenvalue weighted by Crippen LogP contribution is 2.37. The third-order valence-electron chi connectivity index (χ3n) is 6.36. The average Bonchev–Trinajstić information content (AvgIpc) is 3.36. The van der Waals surface area contributed by atoms with Crippen LogP contribution in [0, 0.1) is 5.92 Å². The molecule has 2 atom stereocenters. The average molecular weight is 439 g/mol. The minimum atomic E-state index is 0.406. The summed E-state index contributed by atoms with van der Waals surface area (Å²) in [6.07, 6.45) is 0. The van der Waals surface area contributed by atoms with Crippen molar-refractivity contribution < 1.29 is 4.74 Å². The number of morpholine rings is 1. The first kappa shape index (κ1) is 20.8. The summed E-state index contributed by atoms with van der Waals surface area (Å²) >= 11 is 1.70. The molecule has 31 heavy (non-hydrogen) atoms. The van der Waals surface area contributed by atoms with Crippen molar-refractivity contribution in [1.82, 2.24) is 25.7 Å². The summed E-state index contributed by atoms with van der Waals surface area (Å²) in [7, 11) is 0. The van der Waals surface area contributed by atoms with E-state index in [1.165, 1.54) is 11.1 Å². The van der Waals surface area contributed by atoms with Crippen LogP contribution in [-0.4, -0.2) is 59.8 Å². The Balaban J connectivity index is 1.49. The highest BCUT2D eigenvalue weighted by Gasteiger charge is 2.30. The van der Waals surface area contributed by atoms with Gasteiger partial charge in [0.15, 0.2) is 0 Å². The summed E-state index contributed by atoms with van der Waals surface area (Å²) in [5, 5.41) is 7.03. The van der Waals surface area contributed by atoms with Crippen molar-refractivity contribution in [1.29, 1.82) is 0 Å². The molecule has 3 N–H and O–H groups in total. The normalized spacial score (nSPS) is 24.6. The molecule has 2 fully saturated rings. The second-order valence-corrected chi connectivity index (χ2v) is 9.34. The number of nitrogens with one attached hydrogen (secondary N) is 3. The molecule has 0 spiro atoms. The molecule has 0 bridgehead atoms. The largest absolute Gasteiger partial charge is 0.379 e. The van der Waals surface area contributed by atoms with E-state index in [9.17, 15) is 0 Å². The number of aromatic nitrogens is 2. The Morgan fingerprint density at radius 3 is 2.58 bits per heavy atom. The quantitative estimate of drug-likeness (QED) is 0.546. The number of anilines is 1. The lowest BCUT2D eigenvalue weighted by molar-refractivity contribution is 0.0331. The fourth-order valence-corrected chi connectivity index (χ4v) is 5.42. The van der Waals surface area contributed by atoms with E-state index in [0.29, 0.717) is 18.0 Å². The van der Waals surface area contributed by atoms with Gasteiger partial charge in [0, 0.05) is 48.6 Å². The molecule has 1 aromatic carbocycles. The zero-order valence-electron chi connectivity index (χ0n) is 18.1. The van der Waals surface area contributed by atoms with E-state index in [-0.39, 0.29) is 0 Å². The van der Waals surface area contributed by atoms with Gasteiger partial charge in [0.2, 0.25) is 0 Å². The predicted octanol–water partition coefficient (Wildman–Crippen LogP) is 3.10. The van der Waals surface area contributed by atoms with Crippen LogP contribution in [0.15, 0.2) is 35.7 Å². The van der Waals surface area contributed by atoms with E-state index in [1.807, 2.05) is 0 Å². The minimum absolute atomic E-state index is 0.406. The van der Waals surface area contributed by atoms with Crippen LogP contribution in [0.1, 0.15) is 19.7 Å². The third-order valence-corrected chi connectivity index (χ3v) is 7.23. The van der Waals surface area contributed by atoms with Gasteiger partial charge in [-0.2, -0.15) is 0 Å². The first-order chi connectivity index (χ1) is 15.2. The fourth-order valence-electron chi connectivity index (χ4n) is 4.45. The van der Waals surface area contributed by atoms with Crippen molar-refractivity contribution in [2.75, 3.05) is 38.2 Å². The standard InChI is InChI=1S/C23H30N6OS/c1-15-18(16(2)28-27-15)12-24-22-21-19(17-6-4-3-5-7-17)14-31-23(21)26-20(25-22)13-29-8-10-30-11-9-29/h3-7,14-16,18,27-28H,8-13H2,1-2H3,(H,24,25,26). The fraction of sp³-hybridized carbons (Fsp3) is 0.478. The van der Waals surface area contributed by atoms with Crippen LogP contribution < -0.4 is 16.2 Å². The topological polar surface area (TPSA) is 74.3 Å². The lowest BCUT2D eigenvalue weighted by Crippen LogP contribution is -2.36. The first-order valence-electron chi connectivity index (χ1n) is 11.1. The molecule has 0 radical (unpaired) electrons. The lowest BCUT2D eigenvalue weighted by Gasteiger charge is -2.26. The van der Waals surface area contributed by atoms with Gasteiger partial charge < -0.3 is 10.1 Å². The van der Waals surface area contributed by atoms with Gasteiger partial charge in [0.25, 0.3) is 0 Å². The van der Waals surface area contributed by atoms with Crippen LogP contribution in [0.3, 0.4) is 0 Å². The Labute approximate surface area is 187 Å². The molecule has 164 valence electrons. The number of hydrogen-bond donors (Lipinski definition) is 3. The molecule has 7 nitrogen and oxygen atoms in total. The van der Waals surface area contributed by atoms with Crippen molar-refractivity contribution in [3.05, 3.63) is 41.5 Å². The lowest BCUT2D eigenvalue weighted by atomic mass is 9.96. The number of fused-ring (bicyclic) bond motifs is 1. The van der Waals surface area contributed by atoms with Crippen molar-refractivity contribution in [2.24, 2.45) is 5.92 Å². The number of ether oxygens (including phenoxy) is 1. The Bertz CT molecular complexity index is 1010. The smallest absolute Gasteiger partial charge is 0.146 e. The van der Waals surface area contributed by atoms with Crippen molar-refractivity contribution in [3.8, 4) is 11.1 Å². The molecular formula is C23H30N6OS. The van der Waals surface area contributed by atoms with Crippen LogP contribution in [-0.2, 0) is 11.3 Å². The van der Waals surface area contributed by atoms with Crippen LogP contribution in [0.25, 0.3) is 21.3 Å². The molecule has 0 aliphatic carbocycles. The van der Waals surface area contributed by atoms with Gasteiger partial charge >= 0.3 is 0 Å². The van der Waals surface area contributed by atoms with E-state index >= 15 is 0 Å². The van der Waals surface area contributed by atoms with Crippen LogP contribution in [0.4, 0.5) is 5.82 Å². The molecule has 8 heteroatoms. The molecule has 0 amide bonds. The summed E-state index contributed by atoms with van der Waals surface area (Å²) in [6.45, 7) is 9.48. The number of hydrogen-bond acceptors (Lipinski definition) is 8. The van der Waals surface area contributed by atoms with Gasteiger partial charge in [-0.15, -0.1) is 11.3 Å². The summed E-state index contributed by atoms with van der Waals surface area (Å²) in [5.41, 5.74) is 9.10. The van der Waals surface area contributed by atoms with E-state index < -0.39 is 0 Å². The number of hydrazine groups is 1. The van der Waals surface area contributed by atoms with E-state index in [1.54, 1.807) is 11.3 Å². The van der Waals surface area contributed by atoms with E-state index in [4.69, 9.17) is 14.7 Å². The highest BCUT2D eigenvalue weighted by molar-refractivity contribution is 7.17. The Hall–Kier alpha value is -2.10. The van der Waals surface area contributed by atoms with E-state index in [0.717, 1.165) is 61.3 Å². The molecule has 2 saturated heterocycles. The molecule has 2 aliphatic rings. The van der Waals surface area contributed by atoms with Crippen LogP contribution >= 0.6 is 11.3 Å². The van der Waals surface area contributed by atoms with Crippen LogP contribution in [0.5, 0.6) is 0 Å². The summed E-state index contributed by atoms with van der Waals surface area (Å²) < 4.78 is 5.49. The SMILES string of the molecule is CC1NNC(C)C1CNc1nc(CN2CCOCC2)nc2scc(-c3ccccc3)c12. The molecular weight excluding hydrogens is 408 g/mol. The van der Waals surface area contributed by atoms with Gasteiger partial charge in [-0.25, -0.2) is 9.97 Å². The van der Waals surface area contributed by atoms with Crippen molar-refractivity contribution >= 4 is 27.4 Å². The number of thiophene rings is 1. The van der Waals surface area contributed by atoms with Gasteiger partial charge in [0.05, 0.1) is 25.1 Å². The Morgan fingerprint density at radius 1 is 1.10 bits per heavy atom. The Morgan fingerprint density at radius 2 is 1.84 bits per heavy atom. The maximum Gasteiger partial charge on any atom is 0.146 e. The third kappa shape index (κ3) is 4.44. The Kier molecular flexibility index (Phi) is 6.15. The maximum atomic E-state index is 5.49. The molecule has 2 aromatic heterocycles. The number of nitrogens with zero attached hydrogens (tertiary/aromatic N) is 3. The number of rotatable bonds is 6. The molecule has 5 rings (SSSR count). The monoisotopic (exact) mass is 438 g/mol. The molecule has 0 saturated carbocycles. The van der Waals surface area contributed by atoms with Gasteiger partial charge in [-0.05, 0) is 19.4 Å². The van der Waals surface area contributed by atoms with Gasteiger partial charge in [-0.1, -0.05) is 30.3 Å². The zero-order valence-corrected chi connectivity index (χ0v) is 18.9. The van der Waals surface area contributed by atoms with Crippen LogP contribution in [0.2, 0.25) is 0 Å². The summed E-state index contributed by atoms with van der Waals surface area (Å²) in [4.78, 5) is 13.4. The van der Waals surface area contributed by atoms with E-state index in [2.05, 4.69) is 70.6 Å². The molecule has 2 unspecified atom stereocenters.